The molecule has 0 heterocycles. The number of halogens is 4. The number of rotatable bonds is 6. The number of hydrogen-bond acceptors (Lipinski definition) is 1. The smallest absolute Gasteiger partial charge is 0.126 e. The quantitative estimate of drug-likeness (QED) is 0.785. The molecule has 0 aromatic heterocycles. The van der Waals surface area contributed by atoms with Crippen molar-refractivity contribution in [3.63, 3.8) is 0 Å². The van der Waals surface area contributed by atoms with Crippen molar-refractivity contribution in [1.82, 2.24) is 5.32 Å². The van der Waals surface area contributed by atoms with E-state index >= 15 is 0 Å². The molecular weight excluding hydrogens is 267 g/mol. The standard InChI is InChI=1S/C12H15Cl2F2N/c1-2-12(7-13,8-14)17-6-9-3-10(15)5-11(16)4-9/h3-5,17H,2,6-8H2,1H3. The van der Waals surface area contributed by atoms with Gasteiger partial charge < -0.3 is 5.32 Å². The van der Waals surface area contributed by atoms with Crippen molar-refractivity contribution in [2.75, 3.05) is 11.8 Å². The molecule has 0 bridgehead atoms. The molecule has 0 radical (unpaired) electrons. The first-order chi connectivity index (χ1) is 8.05. The second-order valence-electron chi connectivity index (χ2n) is 4.03. The molecule has 1 nitrogen and oxygen atoms in total. The molecule has 0 aliphatic heterocycles. The fourth-order valence-corrected chi connectivity index (χ4v) is 2.30. The van der Waals surface area contributed by atoms with Crippen molar-refractivity contribution in [2.24, 2.45) is 0 Å². The van der Waals surface area contributed by atoms with E-state index in [0.717, 1.165) is 12.5 Å². The summed E-state index contributed by atoms with van der Waals surface area (Å²) in [5, 5.41) is 3.16. The molecule has 0 spiro atoms. The van der Waals surface area contributed by atoms with E-state index in [1.54, 1.807) is 0 Å². The van der Waals surface area contributed by atoms with Crippen LogP contribution in [0.1, 0.15) is 18.9 Å². The minimum Gasteiger partial charge on any atom is -0.305 e. The third-order valence-electron chi connectivity index (χ3n) is 2.78. The minimum absolute atomic E-state index is 0.335. The molecule has 1 N–H and O–H groups in total. The summed E-state index contributed by atoms with van der Waals surface area (Å²) in [6, 6.07) is 3.43. The highest BCUT2D eigenvalue weighted by Gasteiger charge is 2.25. The summed E-state index contributed by atoms with van der Waals surface area (Å²) in [7, 11) is 0. The molecule has 5 heteroatoms. The molecule has 0 unspecified atom stereocenters. The van der Waals surface area contributed by atoms with Crippen molar-refractivity contribution >= 4 is 23.2 Å². The maximum absolute atomic E-state index is 13.0. The van der Waals surface area contributed by atoms with Crippen molar-refractivity contribution in [2.45, 2.75) is 25.4 Å². The Labute approximate surface area is 110 Å². The molecule has 0 amide bonds. The van der Waals surface area contributed by atoms with Gasteiger partial charge in [-0.05, 0) is 24.1 Å². The Kier molecular flexibility index (Phi) is 5.63. The van der Waals surface area contributed by atoms with Crippen LogP contribution in [0.3, 0.4) is 0 Å². The van der Waals surface area contributed by atoms with Crippen LogP contribution < -0.4 is 5.32 Å². The van der Waals surface area contributed by atoms with Gasteiger partial charge in [0.1, 0.15) is 11.6 Å². The molecule has 1 aromatic rings. The van der Waals surface area contributed by atoms with E-state index in [1.165, 1.54) is 12.1 Å². The zero-order chi connectivity index (χ0) is 12.9. The van der Waals surface area contributed by atoms with Crippen molar-refractivity contribution in [1.29, 1.82) is 0 Å². The highest BCUT2D eigenvalue weighted by atomic mass is 35.5. The van der Waals surface area contributed by atoms with Crippen LogP contribution in [0.15, 0.2) is 18.2 Å². The van der Waals surface area contributed by atoms with E-state index in [0.29, 0.717) is 23.9 Å². The van der Waals surface area contributed by atoms with E-state index in [1.807, 2.05) is 6.92 Å². The molecule has 0 saturated carbocycles. The zero-order valence-electron chi connectivity index (χ0n) is 9.57. The predicted molar refractivity (Wildman–Crippen MR) is 67.7 cm³/mol. The number of nitrogens with one attached hydrogen (secondary N) is 1. The fourth-order valence-electron chi connectivity index (χ4n) is 1.45. The van der Waals surface area contributed by atoms with Gasteiger partial charge >= 0.3 is 0 Å². The van der Waals surface area contributed by atoms with Gasteiger partial charge in [-0.25, -0.2) is 8.78 Å². The molecular formula is C12H15Cl2F2N. The summed E-state index contributed by atoms with van der Waals surface area (Å²) in [6.07, 6.45) is 0.748. The van der Waals surface area contributed by atoms with Crippen LogP contribution in [0.5, 0.6) is 0 Å². The van der Waals surface area contributed by atoms with E-state index in [2.05, 4.69) is 5.32 Å². The normalized spacial score (nSPS) is 11.8. The highest BCUT2D eigenvalue weighted by molar-refractivity contribution is 6.22. The lowest BCUT2D eigenvalue weighted by atomic mass is 10.0. The molecule has 96 valence electrons. The molecule has 0 atom stereocenters. The third-order valence-corrected chi connectivity index (χ3v) is 3.80. The predicted octanol–water partition coefficient (Wildman–Crippen LogP) is 3.68. The van der Waals surface area contributed by atoms with Gasteiger partial charge in [-0.1, -0.05) is 6.92 Å². The summed E-state index contributed by atoms with van der Waals surface area (Å²) >= 11 is 11.7. The van der Waals surface area contributed by atoms with Gasteiger partial charge in [0.15, 0.2) is 0 Å². The molecule has 0 fully saturated rings. The Balaban J connectivity index is 2.71. The Morgan fingerprint density at radius 2 is 1.65 bits per heavy atom. The van der Waals surface area contributed by atoms with Gasteiger partial charge in [0.2, 0.25) is 0 Å². The molecule has 0 aliphatic carbocycles. The molecule has 0 saturated heterocycles. The Morgan fingerprint density at radius 3 is 2.06 bits per heavy atom. The third kappa shape index (κ3) is 4.09. The van der Waals surface area contributed by atoms with Crippen LogP contribution in [0.4, 0.5) is 8.78 Å². The maximum Gasteiger partial charge on any atom is 0.126 e. The Bertz CT molecular complexity index is 339. The van der Waals surface area contributed by atoms with Gasteiger partial charge in [-0.3, -0.25) is 0 Å². The zero-order valence-corrected chi connectivity index (χ0v) is 11.1. The van der Waals surface area contributed by atoms with E-state index < -0.39 is 17.2 Å². The number of alkyl halides is 2. The lowest BCUT2D eigenvalue weighted by Crippen LogP contribution is -2.47. The van der Waals surface area contributed by atoms with Crippen molar-refractivity contribution in [3.8, 4) is 0 Å². The topological polar surface area (TPSA) is 12.0 Å². The van der Waals surface area contributed by atoms with Gasteiger partial charge in [-0.15, -0.1) is 23.2 Å². The molecule has 0 aliphatic rings. The monoisotopic (exact) mass is 281 g/mol. The first-order valence-corrected chi connectivity index (χ1v) is 6.44. The molecule has 17 heavy (non-hydrogen) atoms. The van der Waals surface area contributed by atoms with Crippen molar-refractivity contribution in [3.05, 3.63) is 35.4 Å². The fraction of sp³-hybridized carbons (Fsp3) is 0.500. The summed E-state index contributed by atoms with van der Waals surface area (Å²) < 4.78 is 25.9. The van der Waals surface area contributed by atoms with E-state index in [-0.39, 0.29) is 0 Å². The van der Waals surface area contributed by atoms with E-state index in [4.69, 9.17) is 23.2 Å². The van der Waals surface area contributed by atoms with Crippen LogP contribution in [-0.2, 0) is 6.54 Å². The van der Waals surface area contributed by atoms with Gasteiger partial charge in [0.05, 0.1) is 0 Å². The van der Waals surface area contributed by atoms with Crippen LogP contribution in [0.2, 0.25) is 0 Å². The lowest BCUT2D eigenvalue weighted by molar-refractivity contribution is 0.384. The van der Waals surface area contributed by atoms with Crippen LogP contribution in [0.25, 0.3) is 0 Å². The molecule has 1 rings (SSSR count). The Hall–Kier alpha value is -0.380. The van der Waals surface area contributed by atoms with Gasteiger partial charge in [0, 0.05) is 29.9 Å². The van der Waals surface area contributed by atoms with Crippen LogP contribution >= 0.6 is 23.2 Å². The van der Waals surface area contributed by atoms with Gasteiger partial charge in [-0.2, -0.15) is 0 Å². The summed E-state index contributed by atoms with van der Waals surface area (Å²) in [5.74, 6) is -0.462. The van der Waals surface area contributed by atoms with Gasteiger partial charge in [0.25, 0.3) is 0 Å². The number of hydrogen-bond donors (Lipinski definition) is 1. The average Bonchev–Trinajstić information content (AvgIpc) is 2.30. The summed E-state index contributed by atoms with van der Waals surface area (Å²) in [5.41, 5.74) is 0.141. The van der Waals surface area contributed by atoms with E-state index in [9.17, 15) is 8.78 Å². The first kappa shape index (κ1) is 14.7. The first-order valence-electron chi connectivity index (χ1n) is 5.37. The number of benzene rings is 1. The summed E-state index contributed by atoms with van der Waals surface area (Å²) in [4.78, 5) is 0. The van der Waals surface area contributed by atoms with Crippen LogP contribution in [0, 0.1) is 11.6 Å². The Morgan fingerprint density at radius 1 is 1.12 bits per heavy atom. The maximum atomic E-state index is 13.0. The average molecular weight is 282 g/mol. The second kappa shape index (κ2) is 6.53. The second-order valence-corrected chi connectivity index (χ2v) is 4.57. The van der Waals surface area contributed by atoms with Crippen molar-refractivity contribution < 1.29 is 8.78 Å². The minimum atomic E-state index is -0.583. The molecule has 1 aromatic carbocycles. The largest absolute Gasteiger partial charge is 0.305 e. The summed E-state index contributed by atoms with van der Waals surface area (Å²) in [6.45, 7) is 2.30. The van der Waals surface area contributed by atoms with Crippen LogP contribution in [-0.4, -0.2) is 17.3 Å². The lowest BCUT2D eigenvalue weighted by Gasteiger charge is -2.29. The highest BCUT2D eigenvalue weighted by Crippen LogP contribution is 2.16. The SMILES string of the molecule is CCC(CCl)(CCl)NCc1cc(F)cc(F)c1.